The number of rotatable bonds is 13. The van der Waals surface area contributed by atoms with Crippen molar-refractivity contribution in [2.45, 2.75) is 50.6 Å². The average molecular weight is 552 g/mol. The number of nitrogens with zero attached hydrogens (tertiary/aromatic N) is 2. The predicted octanol–water partition coefficient (Wildman–Crippen LogP) is 4.27. The topological polar surface area (TPSA) is 96.0 Å². The van der Waals surface area contributed by atoms with Crippen LogP contribution < -0.4 is 14.4 Å². The lowest BCUT2D eigenvalue weighted by atomic mass is 10.1. The zero-order valence-electron chi connectivity index (χ0n) is 22.9. The molecule has 2 atom stereocenters. The third-order valence-electron chi connectivity index (χ3n) is 6.60. The Morgan fingerprint density at radius 2 is 1.56 bits per heavy atom. The van der Waals surface area contributed by atoms with Crippen molar-refractivity contribution >= 4 is 27.5 Å². The van der Waals surface area contributed by atoms with Crippen LogP contribution in [0.25, 0.3) is 0 Å². The molecule has 0 fully saturated rings. The quantitative estimate of drug-likeness (QED) is 0.342. The summed E-state index contributed by atoms with van der Waals surface area (Å²) in [6, 6.07) is 23.3. The summed E-state index contributed by atoms with van der Waals surface area (Å²) in [7, 11) is -2.62. The Balaban J connectivity index is 1.98. The number of benzene rings is 3. The highest BCUT2D eigenvalue weighted by Crippen LogP contribution is 2.27. The van der Waals surface area contributed by atoms with E-state index in [-0.39, 0.29) is 29.1 Å². The maximum absolute atomic E-state index is 13.9. The van der Waals surface area contributed by atoms with E-state index in [2.05, 4.69) is 5.32 Å². The van der Waals surface area contributed by atoms with E-state index in [4.69, 9.17) is 4.74 Å². The van der Waals surface area contributed by atoms with Crippen LogP contribution in [0.15, 0.2) is 89.8 Å². The number of methoxy groups -OCH3 is 1. The lowest BCUT2D eigenvalue weighted by Gasteiger charge is -2.32. The van der Waals surface area contributed by atoms with E-state index >= 15 is 0 Å². The summed E-state index contributed by atoms with van der Waals surface area (Å²) in [5, 5.41) is 2.94. The Hall–Kier alpha value is -3.85. The number of hydrogen-bond acceptors (Lipinski definition) is 5. The Morgan fingerprint density at radius 1 is 0.923 bits per heavy atom. The number of sulfonamides is 1. The summed E-state index contributed by atoms with van der Waals surface area (Å²) in [6.45, 7) is 5.30. The molecule has 0 unspecified atom stereocenters. The first-order valence-corrected chi connectivity index (χ1v) is 14.5. The number of anilines is 1. The van der Waals surface area contributed by atoms with Crippen LogP contribution in [0.4, 0.5) is 5.69 Å². The van der Waals surface area contributed by atoms with Gasteiger partial charge in [0.25, 0.3) is 10.0 Å². The molecule has 0 aliphatic carbocycles. The molecule has 208 valence electrons. The Morgan fingerprint density at radius 3 is 2.18 bits per heavy atom. The van der Waals surface area contributed by atoms with Gasteiger partial charge in [-0.15, -0.1) is 0 Å². The molecule has 3 rings (SSSR count). The molecule has 0 bridgehead atoms. The van der Waals surface area contributed by atoms with E-state index in [0.717, 1.165) is 16.3 Å². The Kier molecular flexibility index (Phi) is 10.5. The van der Waals surface area contributed by atoms with Crippen LogP contribution in [0.5, 0.6) is 5.75 Å². The lowest BCUT2D eigenvalue weighted by Crippen LogP contribution is -2.53. The summed E-state index contributed by atoms with van der Waals surface area (Å²) in [6.07, 6.45) is 1.26. The van der Waals surface area contributed by atoms with Gasteiger partial charge < -0.3 is 15.0 Å². The van der Waals surface area contributed by atoms with E-state index < -0.39 is 28.5 Å². The van der Waals surface area contributed by atoms with Gasteiger partial charge in [0, 0.05) is 18.7 Å². The van der Waals surface area contributed by atoms with E-state index in [0.29, 0.717) is 12.2 Å². The van der Waals surface area contributed by atoms with E-state index in [1.54, 1.807) is 49.4 Å². The first-order valence-electron chi connectivity index (χ1n) is 13.0. The Labute approximate surface area is 231 Å². The molecule has 2 amide bonds. The van der Waals surface area contributed by atoms with Gasteiger partial charge in [-0.25, -0.2) is 8.42 Å². The largest absolute Gasteiger partial charge is 0.497 e. The molecule has 0 spiro atoms. The van der Waals surface area contributed by atoms with Crippen molar-refractivity contribution in [1.29, 1.82) is 0 Å². The first-order chi connectivity index (χ1) is 18.7. The number of carbonyl (C=O) groups excluding carboxylic acids is 2. The smallest absolute Gasteiger partial charge is 0.264 e. The molecule has 3 aromatic rings. The van der Waals surface area contributed by atoms with Crippen LogP contribution >= 0.6 is 0 Å². The third-order valence-corrected chi connectivity index (χ3v) is 8.39. The SMILES string of the molecule is CC[C@@H](C)NC(=O)[C@H](C)N(CCc1ccccc1)C(=O)CN(c1cccc(OC)c1)S(=O)(=O)c1ccccc1. The third kappa shape index (κ3) is 7.83. The summed E-state index contributed by atoms with van der Waals surface area (Å²) < 4.78 is 34.0. The van der Waals surface area contributed by atoms with Gasteiger partial charge in [0.15, 0.2) is 0 Å². The number of amides is 2. The number of nitrogens with one attached hydrogen (secondary N) is 1. The second kappa shape index (κ2) is 13.8. The molecule has 8 nitrogen and oxygen atoms in total. The van der Waals surface area contributed by atoms with Crippen molar-refractivity contribution in [2.24, 2.45) is 0 Å². The normalized spacial score (nSPS) is 12.7. The number of hydrogen-bond donors (Lipinski definition) is 1. The van der Waals surface area contributed by atoms with Crippen LogP contribution in [0.1, 0.15) is 32.8 Å². The molecule has 9 heteroatoms. The van der Waals surface area contributed by atoms with Crippen molar-refractivity contribution in [3.8, 4) is 5.75 Å². The molecule has 39 heavy (non-hydrogen) atoms. The van der Waals surface area contributed by atoms with Crippen molar-refractivity contribution in [3.63, 3.8) is 0 Å². The van der Waals surface area contributed by atoms with Crippen molar-refractivity contribution in [1.82, 2.24) is 10.2 Å². The molecule has 0 radical (unpaired) electrons. The summed E-state index contributed by atoms with van der Waals surface area (Å²) in [5.74, 6) is -0.319. The molecule has 0 heterocycles. The fourth-order valence-electron chi connectivity index (χ4n) is 4.05. The van der Waals surface area contributed by atoms with Gasteiger partial charge in [0.05, 0.1) is 17.7 Å². The molecule has 3 aromatic carbocycles. The van der Waals surface area contributed by atoms with Gasteiger partial charge >= 0.3 is 0 Å². The monoisotopic (exact) mass is 551 g/mol. The zero-order chi connectivity index (χ0) is 28.4. The number of ether oxygens (including phenoxy) is 1. The lowest BCUT2D eigenvalue weighted by molar-refractivity contribution is -0.139. The molecule has 0 saturated carbocycles. The van der Waals surface area contributed by atoms with E-state index in [1.165, 1.54) is 24.1 Å². The Bertz CT molecular complexity index is 1330. The second-order valence-electron chi connectivity index (χ2n) is 9.34. The highest BCUT2D eigenvalue weighted by molar-refractivity contribution is 7.92. The van der Waals surface area contributed by atoms with Gasteiger partial charge in [-0.1, -0.05) is 61.5 Å². The molecule has 1 N–H and O–H groups in total. The summed E-state index contributed by atoms with van der Waals surface area (Å²) in [4.78, 5) is 28.5. The standard InChI is InChI=1S/C30H37N3O5S/c1-5-23(2)31-30(35)24(3)32(20-19-25-13-8-6-9-14-25)29(34)22-33(26-15-12-16-27(21-26)38-4)39(36,37)28-17-10-7-11-18-28/h6-18,21,23-24H,5,19-20,22H2,1-4H3,(H,31,35)/t23-,24+/m1/s1. The molecule has 0 saturated heterocycles. The van der Waals surface area contributed by atoms with Crippen LogP contribution in [0.3, 0.4) is 0 Å². The van der Waals surface area contributed by atoms with Gasteiger partial charge in [0.1, 0.15) is 18.3 Å². The maximum Gasteiger partial charge on any atom is 0.264 e. The van der Waals surface area contributed by atoms with Crippen LogP contribution in [-0.2, 0) is 26.0 Å². The molecule has 0 aliphatic heterocycles. The average Bonchev–Trinajstić information content (AvgIpc) is 2.96. The fraction of sp³-hybridized carbons (Fsp3) is 0.333. The summed E-state index contributed by atoms with van der Waals surface area (Å²) >= 11 is 0. The highest BCUT2D eigenvalue weighted by Gasteiger charge is 2.32. The van der Waals surface area contributed by atoms with E-state index in [9.17, 15) is 18.0 Å². The summed E-state index contributed by atoms with van der Waals surface area (Å²) in [5.41, 5.74) is 1.29. The van der Waals surface area contributed by atoms with Crippen LogP contribution in [0, 0.1) is 0 Å². The molecule has 0 aromatic heterocycles. The van der Waals surface area contributed by atoms with Gasteiger partial charge in [-0.3, -0.25) is 13.9 Å². The predicted molar refractivity (Wildman–Crippen MR) is 153 cm³/mol. The van der Waals surface area contributed by atoms with Gasteiger partial charge in [-0.2, -0.15) is 0 Å². The first kappa shape index (κ1) is 29.7. The highest BCUT2D eigenvalue weighted by atomic mass is 32.2. The molecule has 0 aliphatic rings. The van der Waals surface area contributed by atoms with Crippen molar-refractivity contribution < 1.29 is 22.7 Å². The zero-order valence-corrected chi connectivity index (χ0v) is 23.7. The number of carbonyl (C=O) groups is 2. The maximum atomic E-state index is 13.9. The minimum Gasteiger partial charge on any atom is -0.497 e. The van der Waals surface area contributed by atoms with E-state index in [1.807, 2.05) is 44.2 Å². The van der Waals surface area contributed by atoms with Crippen LogP contribution in [0.2, 0.25) is 0 Å². The second-order valence-corrected chi connectivity index (χ2v) is 11.2. The van der Waals surface area contributed by atoms with Gasteiger partial charge in [0.2, 0.25) is 11.8 Å². The minimum absolute atomic E-state index is 0.0546. The molecular formula is C30H37N3O5S. The molecular weight excluding hydrogens is 514 g/mol. The van der Waals surface area contributed by atoms with Crippen LogP contribution in [-0.4, -0.2) is 57.4 Å². The van der Waals surface area contributed by atoms with Crippen molar-refractivity contribution in [2.75, 3.05) is 24.5 Å². The minimum atomic E-state index is -4.11. The fourth-order valence-corrected chi connectivity index (χ4v) is 5.48. The van der Waals surface area contributed by atoms with Crippen molar-refractivity contribution in [3.05, 3.63) is 90.5 Å². The van der Waals surface area contributed by atoms with Gasteiger partial charge in [-0.05, 0) is 56.5 Å².